The van der Waals surface area contributed by atoms with Gasteiger partial charge in [0.2, 0.25) is 0 Å². The number of carbonyl (C=O) groups excluding carboxylic acids is 1. The zero-order valence-corrected chi connectivity index (χ0v) is 11.0. The zero-order valence-electron chi connectivity index (χ0n) is 10.2. The van der Waals surface area contributed by atoms with E-state index in [1.165, 1.54) is 11.3 Å². The van der Waals surface area contributed by atoms with Crippen LogP contribution in [0.4, 0.5) is 0 Å². The number of methoxy groups -OCH3 is 1. The lowest BCUT2D eigenvalue weighted by Crippen LogP contribution is -1.94. The van der Waals surface area contributed by atoms with Crippen LogP contribution in [0.1, 0.15) is 20.9 Å². The first kappa shape index (κ1) is 12.5. The van der Waals surface area contributed by atoms with Crippen LogP contribution in [0.15, 0.2) is 35.9 Å². The molecule has 0 aliphatic rings. The van der Waals surface area contributed by atoms with Crippen LogP contribution in [0.25, 0.3) is 6.08 Å². The molecule has 0 N–H and O–H groups in total. The number of allylic oxidation sites excluding steroid dienone is 1. The Bertz CT molecular complexity index is 587. The van der Waals surface area contributed by atoms with Crippen molar-refractivity contribution in [1.82, 2.24) is 4.98 Å². The van der Waals surface area contributed by atoms with Gasteiger partial charge in [-0.3, -0.25) is 4.79 Å². The number of ether oxygens (including phenoxy) is 1. The van der Waals surface area contributed by atoms with Gasteiger partial charge in [0.1, 0.15) is 5.75 Å². The number of hydrogen-bond acceptors (Lipinski definition) is 4. The van der Waals surface area contributed by atoms with Gasteiger partial charge in [-0.2, -0.15) is 0 Å². The van der Waals surface area contributed by atoms with Crippen LogP contribution in [0.3, 0.4) is 0 Å². The Labute approximate surface area is 110 Å². The van der Waals surface area contributed by atoms with Crippen LogP contribution >= 0.6 is 11.3 Å². The molecule has 0 amide bonds. The largest absolute Gasteiger partial charge is 0.497 e. The Kier molecular flexibility index (Phi) is 3.89. The number of nitrogens with zero attached hydrogens (tertiary/aromatic N) is 1. The van der Waals surface area contributed by atoms with E-state index in [-0.39, 0.29) is 5.78 Å². The van der Waals surface area contributed by atoms with Gasteiger partial charge in [-0.15, -0.1) is 11.3 Å². The van der Waals surface area contributed by atoms with E-state index in [4.69, 9.17) is 4.74 Å². The summed E-state index contributed by atoms with van der Waals surface area (Å²) in [5.74, 6) is 0.643. The summed E-state index contributed by atoms with van der Waals surface area (Å²) in [6.45, 7) is 1.92. The Morgan fingerprint density at radius 1 is 1.44 bits per heavy atom. The fourth-order valence-electron chi connectivity index (χ4n) is 1.49. The molecule has 1 aromatic carbocycles. The Morgan fingerprint density at radius 3 is 2.94 bits per heavy atom. The fraction of sp³-hybridized carbons (Fsp3) is 0.143. The molecule has 1 heterocycles. The summed E-state index contributed by atoms with van der Waals surface area (Å²) in [4.78, 5) is 17.1. The van der Waals surface area contributed by atoms with Gasteiger partial charge < -0.3 is 4.74 Å². The minimum absolute atomic E-state index is 0.0401. The van der Waals surface area contributed by atoms with Crippen molar-refractivity contribution in [1.29, 1.82) is 0 Å². The molecule has 0 aliphatic heterocycles. The van der Waals surface area contributed by atoms with Crippen molar-refractivity contribution in [2.75, 3.05) is 7.11 Å². The second-order valence-electron chi connectivity index (χ2n) is 3.73. The third kappa shape index (κ3) is 2.84. The standard InChI is InChI=1S/C14H13NO2S/c1-10-14(18-9-15-10)7-6-13(16)11-4-3-5-12(8-11)17-2/h3-9H,1-2H3/b7-6+. The summed E-state index contributed by atoms with van der Waals surface area (Å²) >= 11 is 1.52. The number of carbonyl (C=O) groups is 1. The van der Waals surface area contributed by atoms with E-state index >= 15 is 0 Å². The number of thiazole rings is 1. The molecule has 0 bridgehead atoms. The van der Waals surface area contributed by atoms with Crippen LogP contribution in [-0.4, -0.2) is 17.9 Å². The molecule has 18 heavy (non-hydrogen) atoms. The molecule has 92 valence electrons. The average Bonchev–Trinajstić information content (AvgIpc) is 2.81. The van der Waals surface area contributed by atoms with Gasteiger partial charge in [0, 0.05) is 10.4 Å². The van der Waals surface area contributed by atoms with Crippen LogP contribution < -0.4 is 4.74 Å². The van der Waals surface area contributed by atoms with E-state index < -0.39 is 0 Å². The Balaban J connectivity index is 2.17. The maximum atomic E-state index is 12.0. The van der Waals surface area contributed by atoms with Gasteiger partial charge in [0.15, 0.2) is 5.78 Å². The predicted molar refractivity (Wildman–Crippen MR) is 73.2 cm³/mol. The lowest BCUT2D eigenvalue weighted by molar-refractivity contribution is 0.104. The maximum absolute atomic E-state index is 12.0. The molecule has 0 spiro atoms. The van der Waals surface area contributed by atoms with Gasteiger partial charge in [0.05, 0.1) is 18.3 Å². The quantitative estimate of drug-likeness (QED) is 0.624. The number of ketones is 1. The van der Waals surface area contributed by atoms with Crippen molar-refractivity contribution in [2.45, 2.75) is 6.92 Å². The zero-order chi connectivity index (χ0) is 13.0. The van der Waals surface area contributed by atoms with Crippen molar-refractivity contribution < 1.29 is 9.53 Å². The van der Waals surface area contributed by atoms with Gasteiger partial charge in [0.25, 0.3) is 0 Å². The topological polar surface area (TPSA) is 39.2 Å². The van der Waals surface area contributed by atoms with Crippen molar-refractivity contribution in [2.24, 2.45) is 0 Å². The SMILES string of the molecule is COc1cccc(C(=O)/C=C/c2scnc2C)c1. The molecule has 0 fully saturated rings. The molecule has 0 aliphatic carbocycles. The monoisotopic (exact) mass is 259 g/mol. The molecule has 2 aromatic rings. The minimum atomic E-state index is -0.0401. The van der Waals surface area contributed by atoms with E-state index in [1.54, 1.807) is 43.0 Å². The molecule has 0 unspecified atom stereocenters. The smallest absolute Gasteiger partial charge is 0.186 e. The predicted octanol–water partition coefficient (Wildman–Crippen LogP) is 3.36. The fourth-order valence-corrected chi connectivity index (χ4v) is 2.19. The van der Waals surface area contributed by atoms with Crippen LogP contribution in [0.2, 0.25) is 0 Å². The van der Waals surface area contributed by atoms with Crippen molar-refractivity contribution in [3.8, 4) is 5.75 Å². The highest BCUT2D eigenvalue weighted by atomic mass is 32.1. The molecule has 0 atom stereocenters. The minimum Gasteiger partial charge on any atom is -0.497 e. The van der Waals surface area contributed by atoms with Gasteiger partial charge in [-0.05, 0) is 31.2 Å². The van der Waals surface area contributed by atoms with E-state index in [9.17, 15) is 4.79 Å². The number of hydrogen-bond donors (Lipinski definition) is 0. The summed E-state index contributed by atoms with van der Waals surface area (Å²) in [5, 5.41) is 0. The molecule has 2 rings (SSSR count). The first-order chi connectivity index (χ1) is 8.70. The van der Waals surface area contributed by atoms with Crippen LogP contribution in [0.5, 0.6) is 5.75 Å². The van der Waals surface area contributed by atoms with Gasteiger partial charge >= 0.3 is 0 Å². The molecule has 4 heteroatoms. The second-order valence-corrected chi connectivity index (χ2v) is 4.62. The Morgan fingerprint density at radius 2 is 2.28 bits per heavy atom. The van der Waals surface area contributed by atoms with Crippen LogP contribution in [0, 0.1) is 6.92 Å². The van der Waals surface area contributed by atoms with Crippen molar-refractivity contribution in [3.05, 3.63) is 52.0 Å². The van der Waals surface area contributed by atoms with Crippen molar-refractivity contribution in [3.63, 3.8) is 0 Å². The van der Waals surface area contributed by atoms with Crippen LogP contribution in [-0.2, 0) is 0 Å². The highest BCUT2D eigenvalue weighted by molar-refractivity contribution is 7.10. The van der Waals surface area contributed by atoms with Gasteiger partial charge in [-0.25, -0.2) is 4.98 Å². The molecule has 0 radical (unpaired) electrons. The highest BCUT2D eigenvalue weighted by Gasteiger charge is 2.04. The summed E-state index contributed by atoms with van der Waals surface area (Å²) in [7, 11) is 1.58. The van der Waals surface area contributed by atoms with E-state index in [0.29, 0.717) is 11.3 Å². The number of benzene rings is 1. The summed E-state index contributed by atoms with van der Waals surface area (Å²) in [5.41, 5.74) is 3.33. The number of rotatable bonds is 4. The second kappa shape index (κ2) is 5.60. The van der Waals surface area contributed by atoms with Crippen molar-refractivity contribution >= 4 is 23.2 Å². The van der Waals surface area contributed by atoms with Gasteiger partial charge in [-0.1, -0.05) is 12.1 Å². The molecule has 1 aromatic heterocycles. The first-order valence-corrected chi connectivity index (χ1v) is 6.35. The third-order valence-electron chi connectivity index (χ3n) is 2.52. The summed E-state index contributed by atoms with van der Waals surface area (Å²) in [6, 6.07) is 7.12. The molecular weight excluding hydrogens is 246 g/mol. The highest BCUT2D eigenvalue weighted by Crippen LogP contribution is 2.16. The molecule has 0 saturated heterocycles. The lowest BCUT2D eigenvalue weighted by atomic mass is 10.1. The molecule has 3 nitrogen and oxygen atoms in total. The number of aromatic nitrogens is 1. The normalized spacial score (nSPS) is 10.8. The third-order valence-corrected chi connectivity index (χ3v) is 3.42. The van der Waals surface area contributed by atoms with E-state index in [1.807, 2.05) is 13.0 Å². The molecular formula is C14H13NO2S. The summed E-state index contributed by atoms with van der Waals surface area (Å²) in [6.07, 6.45) is 3.37. The first-order valence-electron chi connectivity index (χ1n) is 5.47. The Hall–Kier alpha value is -1.94. The van der Waals surface area contributed by atoms with E-state index in [0.717, 1.165) is 10.6 Å². The van der Waals surface area contributed by atoms with E-state index in [2.05, 4.69) is 4.98 Å². The summed E-state index contributed by atoms with van der Waals surface area (Å²) < 4.78 is 5.09. The average molecular weight is 259 g/mol. The molecule has 0 saturated carbocycles. The lowest BCUT2D eigenvalue weighted by Gasteiger charge is -2.00. The maximum Gasteiger partial charge on any atom is 0.186 e. The number of aryl methyl sites for hydroxylation is 1.